The van der Waals surface area contributed by atoms with Crippen molar-refractivity contribution in [3.63, 3.8) is 0 Å². The van der Waals surface area contributed by atoms with E-state index >= 15 is 0 Å². The van der Waals surface area contributed by atoms with Crippen molar-refractivity contribution < 1.29 is 13.9 Å². The molecular formula is C18H16FN3O2. The minimum Gasteiger partial charge on any atom is -0.464 e. The van der Waals surface area contributed by atoms with Gasteiger partial charge in [0, 0.05) is 24.5 Å². The van der Waals surface area contributed by atoms with Gasteiger partial charge in [0.15, 0.2) is 5.69 Å². The van der Waals surface area contributed by atoms with E-state index in [1.165, 1.54) is 19.2 Å². The van der Waals surface area contributed by atoms with E-state index in [1.807, 2.05) is 12.1 Å². The standard InChI is InChI=1S/C18H16FN3O2/c1-24-18(23)16-12-17(14-2-4-15(19)5-3-14)22(21-16)11-8-13-6-9-20-10-7-13/h2-7,9-10,12H,8,11H2,1H3. The van der Waals surface area contributed by atoms with Crippen molar-refractivity contribution >= 4 is 5.97 Å². The summed E-state index contributed by atoms with van der Waals surface area (Å²) in [6.07, 6.45) is 4.21. The number of ether oxygens (including phenoxy) is 1. The Labute approximate surface area is 138 Å². The third kappa shape index (κ3) is 3.48. The van der Waals surface area contributed by atoms with E-state index in [4.69, 9.17) is 4.74 Å². The first-order chi connectivity index (χ1) is 11.7. The minimum absolute atomic E-state index is 0.228. The van der Waals surface area contributed by atoms with Crippen LogP contribution in [-0.4, -0.2) is 27.8 Å². The lowest BCUT2D eigenvalue weighted by Crippen LogP contribution is -2.08. The summed E-state index contributed by atoms with van der Waals surface area (Å²) >= 11 is 0. The van der Waals surface area contributed by atoms with Crippen molar-refractivity contribution in [3.8, 4) is 11.3 Å². The van der Waals surface area contributed by atoms with E-state index in [0.29, 0.717) is 6.54 Å². The van der Waals surface area contributed by atoms with E-state index in [9.17, 15) is 9.18 Å². The van der Waals surface area contributed by atoms with Gasteiger partial charge in [0.25, 0.3) is 0 Å². The van der Waals surface area contributed by atoms with Crippen LogP contribution in [0.2, 0.25) is 0 Å². The monoisotopic (exact) mass is 325 g/mol. The van der Waals surface area contributed by atoms with Crippen LogP contribution in [0.5, 0.6) is 0 Å². The van der Waals surface area contributed by atoms with Gasteiger partial charge in [-0.25, -0.2) is 9.18 Å². The Hall–Kier alpha value is -3.02. The summed E-state index contributed by atoms with van der Waals surface area (Å²) in [6, 6.07) is 11.6. The van der Waals surface area contributed by atoms with Crippen LogP contribution < -0.4 is 0 Å². The zero-order chi connectivity index (χ0) is 16.9. The highest BCUT2D eigenvalue weighted by atomic mass is 19.1. The van der Waals surface area contributed by atoms with Crippen LogP contribution in [0.4, 0.5) is 4.39 Å². The molecule has 3 aromatic rings. The van der Waals surface area contributed by atoms with Crippen molar-refractivity contribution in [2.75, 3.05) is 7.11 Å². The molecule has 122 valence electrons. The highest BCUT2D eigenvalue weighted by molar-refractivity contribution is 5.88. The largest absolute Gasteiger partial charge is 0.464 e. The van der Waals surface area contributed by atoms with Gasteiger partial charge in [-0.2, -0.15) is 5.10 Å². The molecule has 0 aliphatic rings. The Kier molecular flexibility index (Phi) is 4.65. The van der Waals surface area contributed by atoms with Gasteiger partial charge in [-0.15, -0.1) is 0 Å². The third-order valence-corrected chi connectivity index (χ3v) is 3.68. The molecule has 1 aromatic carbocycles. The fraction of sp³-hybridized carbons (Fsp3) is 0.167. The number of esters is 1. The summed E-state index contributed by atoms with van der Waals surface area (Å²) in [5.74, 6) is -0.809. The molecular weight excluding hydrogens is 309 g/mol. The zero-order valence-corrected chi connectivity index (χ0v) is 13.1. The van der Waals surface area contributed by atoms with Crippen molar-refractivity contribution in [2.24, 2.45) is 0 Å². The molecule has 0 saturated heterocycles. The summed E-state index contributed by atoms with van der Waals surface area (Å²) in [5.41, 5.74) is 2.87. The topological polar surface area (TPSA) is 57.0 Å². The number of carbonyl (C=O) groups is 1. The van der Waals surface area contributed by atoms with Crippen LogP contribution in [-0.2, 0) is 17.7 Å². The number of halogens is 1. The summed E-state index contributed by atoms with van der Waals surface area (Å²) in [4.78, 5) is 15.8. The van der Waals surface area contributed by atoms with E-state index in [2.05, 4.69) is 10.1 Å². The van der Waals surface area contributed by atoms with Gasteiger partial charge in [-0.1, -0.05) is 0 Å². The first-order valence-electron chi connectivity index (χ1n) is 7.48. The molecule has 24 heavy (non-hydrogen) atoms. The molecule has 0 saturated carbocycles. The average molecular weight is 325 g/mol. The SMILES string of the molecule is COC(=O)c1cc(-c2ccc(F)cc2)n(CCc2ccncc2)n1. The van der Waals surface area contributed by atoms with Gasteiger partial charge < -0.3 is 4.74 Å². The number of pyridine rings is 1. The van der Waals surface area contributed by atoms with Gasteiger partial charge in [0.1, 0.15) is 5.82 Å². The number of nitrogens with zero attached hydrogens (tertiary/aromatic N) is 3. The first-order valence-corrected chi connectivity index (χ1v) is 7.48. The van der Waals surface area contributed by atoms with Crippen LogP contribution in [0, 0.1) is 5.82 Å². The van der Waals surface area contributed by atoms with E-state index in [1.54, 1.807) is 35.3 Å². The van der Waals surface area contributed by atoms with Crippen molar-refractivity contribution in [3.05, 3.63) is 71.9 Å². The van der Waals surface area contributed by atoms with Crippen LogP contribution in [0.15, 0.2) is 54.9 Å². The fourth-order valence-electron chi connectivity index (χ4n) is 2.43. The van der Waals surface area contributed by atoms with Crippen LogP contribution >= 0.6 is 0 Å². The quantitative estimate of drug-likeness (QED) is 0.676. The lowest BCUT2D eigenvalue weighted by molar-refractivity contribution is 0.0593. The van der Waals surface area contributed by atoms with Gasteiger partial charge in [-0.05, 0) is 54.4 Å². The lowest BCUT2D eigenvalue weighted by atomic mass is 10.1. The zero-order valence-electron chi connectivity index (χ0n) is 13.1. The fourth-order valence-corrected chi connectivity index (χ4v) is 2.43. The Morgan fingerprint density at radius 1 is 1.17 bits per heavy atom. The summed E-state index contributed by atoms with van der Waals surface area (Å²) in [5, 5.41) is 4.33. The summed E-state index contributed by atoms with van der Waals surface area (Å²) in [6.45, 7) is 0.577. The number of aromatic nitrogens is 3. The smallest absolute Gasteiger partial charge is 0.358 e. The number of carbonyl (C=O) groups excluding carboxylic acids is 1. The summed E-state index contributed by atoms with van der Waals surface area (Å²) < 4.78 is 19.6. The molecule has 2 aromatic heterocycles. The van der Waals surface area contributed by atoms with Crippen molar-refractivity contribution in [1.82, 2.24) is 14.8 Å². The number of aryl methyl sites for hydroxylation is 2. The number of hydrogen-bond donors (Lipinski definition) is 0. The molecule has 0 radical (unpaired) electrons. The maximum atomic E-state index is 13.2. The Bertz CT molecular complexity index is 829. The molecule has 0 amide bonds. The van der Waals surface area contributed by atoms with E-state index in [-0.39, 0.29) is 11.5 Å². The van der Waals surface area contributed by atoms with Crippen LogP contribution in [0.3, 0.4) is 0 Å². The highest BCUT2D eigenvalue weighted by Gasteiger charge is 2.16. The second-order valence-electron chi connectivity index (χ2n) is 5.24. The number of rotatable bonds is 5. The molecule has 5 nitrogen and oxygen atoms in total. The first kappa shape index (κ1) is 15.9. The minimum atomic E-state index is -0.499. The molecule has 0 atom stereocenters. The van der Waals surface area contributed by atoms with Gasteiger partial charge in [-0.3, -0.25) is 9.67 Å². The average Bonchev–Trinajstić information content (AvgIpc) is 3.05. The molecule has 3 rings (SSSR count). The van der Waals surface area contributed by atoms with Crippen LogP contribution in [0.1, 0.15) is 16.1 Å². The van der Waals surface area contributed by atoms with Crippen LogP contribution in [0.25, 0.3) is 11.3 Å². The normalized spacial score (nSPS) is 10.6. The highest BCUT2D eigenvalue weighted by Crippen LogP contribution is 2.22. The molecule has 0 aliphatic carbocycles. The third-order valence-electron chi connectivity index (χ3n) is 3.68. The number of methoxy groups -OCH3 is 1. The van der Waals surface area contributed by atoms with E-state index < -0.39 is 5.97 Å². The molecule has 0 bridgehead atoms. The maximum Gasteiger partial charge on any atom is 0.358 e. The second-order valence-corrected chi connectivity index (χ2v) is 5.24. The van der Waals surface area contributed by atoms with Gasteiger partial charge >= 0.3 is 5.97 Å². The lowest BCUT2D eigenvalue weighted by Gasteiger charge is -2.07. The maximum absolute atomic E-state index is 13.2. The molecule has 2 heterocycles. The Morgan fingerprint density at radius 2 is 1.88 bits per heavy atom. The molecule has 0 fully saturated rings. The predicted molar refractivity (Wildman–Crippen MR) is 86.9 cm³/mol. The predicted octanol–water partition coefficient (Wildman–Crippen LogP) is 3.11. The second kappa shape index (κ2) is 7.04. The van der Waals surface area contributed by atoms with Crippen molar-refractivity contribution in [1.29, 1.82) is 0 Å². The van der Waals surface area contributed by atoms with Crippen molar-refractivity contribution in [2.45, 2.75) is 13.0 Å². The van der Waals surface area contributed by atoms with Gasteiger partial charge in [0.2, 0.25) is 0 Å². The number of hydrogen-bond acceptors (Lipinski definition) is 4. The molecule has 0 aliphatic heterocycles. The molecule has 0 spiro atoms. The Balaban J connectivity index is 1.92. The summed E-state index contributed by atoms with van der Waals surface area (Å²) in [7, 11) is 1.32. The molecule has 0 unspecified atom stereocenters. The molecule has 0 N–H and O–H groups in total. The van der Waals surface area contributed by atoms with E-state index in [0.717, 1.165) is 23.2 Å². The Morgan fingerprint density at radius 3 is 2.54 bits per heavy atom. The van der Waals surface area contributed by atoms with Gasteiger partial charge in [0.05, 0.1) is 12.8 Å². The molecule has 6 heteroatoms. The number of benzene rings is 1.